The fraction of sp³-hybridized carbons (Fsp3) is 1.00. The van der Waals surface area contributed by atoms with Gasteiger partial charge in [0.25, 0.3) is 0 Å². The van der Waals surface area contributed by atoms with Crippen molar-refractivity contribution >= 4 is 11.8 Å². The maximum atomic E-state index is 9.12. The lowest BCUT2D eigenvalue weighted by Crippen LogP contribution is -2.16. The molecule has 1 nitrogen and oxygen atoms in total. The van der Waals surface area contributed by atoms with Crippen molar-refractivity contribution in [2.24, 2.45) is 5.92 Å². The second-order valence-electron chi connectivity index (χ2n) is 4.40. The Morgan fingerprint density at radius 1 is 1.46 bits per heavy atom. The van der Waals surface area contributed by atoms with E-state index in [4.69, 9.17) is 5.11 Å². The van der Waals surface area contributed by atoms with E-state index in [0.717, 1.165) is 23.3 Å². The number of aliphatic hydroxyl groups is 1. The van der Waals surface area contributed by atoms with Crippen LogP contribution in [0.4, 0.5) is 0 Å². The largest absolute Gasteiger partial charge is 0.393 e. The highest BCUT2D eigenvalue weighted by molar-refractivity contribution is 7.99. The van der Waals surface area contributed by atoms with E-state index in [1.54, 1.807) is 0 Å². The molecule has 1 fully saturated rings. The van der Waals surface area contributed by atoms with E-state index in [9.17, 15) is 0 Å². The highest BCUT2D eigenvalue weighted by Crippen LogP contribution is 2.32. The van der Waals surface area contributed by atoms with Gasteiger partial charge < -0.3 is 5.11 Å². The van der Waals surface area contributed by atoms with Gasteiger partial charge in [-0.2, -0.15) is 11.8 Å². The molecule has 1 aliphatic rings. The molecule has 0 radical (unpaired) electrons. The highest BCUT2D eigenvalue weighted by atomic mass is 32.2. The summed E-state index contributed by atoms with van der Waals surface area (Å²) in [6, 6.07) is 0. The van der Waals surface area contributed by atoms with E-state index in [-0.39, 0.29) is 6.10 Å². The summed E-state index contributed by atoms with van der Waals surface area (Å²) >= 11 is 2.07. The fourth-order valence-corrected chi connectivity index (χ4v) is 3.54. The zero-order chi connectivity index (χ0) is 9.68. The molecule has 1 rings (SSSR count). The van der Waals surface area contributed by atoms with E-state index in [2.05, 4.69) is 18.7 Å². The van der Waals surface area contributed by atoms with Crippen LogP contribution in [0, 0.1) is 5.92 Å². The number of aliphatic hydroxyl groups excluding tert-OH is 1. The summed E-state index contributed by atoms with van der Waals surface area (Å²) in [4.78, 5) is 0. The van der Waals surface area contributed by atoms with E-state index in [1.807, 2.05) is 6.92 Å². The normalized spacial score (nSPS) is 31.6. The van der Waals surface area contributed by atoms with Gasteiger partial charge >= 0.3 is 0 Å². The van der Waals surface area contributed by atoms with Crippen molar-refractivity contribution in [3.8, 4) is 0 Å². The van der Waals surface area contributed by atoms with Crippen LogP contribution < -0.4 is 0 Å². The molecule has 0 aliphatic heterocycles. The zero-order valence-electron chi connectivity index (χ0n) is 8.83. The van der Waals surface area contributed by atoms with Crippen molar-refractivity contribution in [2.45, 2.75) is 57.3 Å². The lowest BCUT2D eigenvalue weighted by molar-refractivity contribution is 0.192. The quantitative estimate of drug-likeness (QED) is 0.756. The molecule has 0 spiro atoms. The summed E-state index contributed by atoms with van der Waals surface area (Å²) in [6.07, 6.45) is 6.46. The molecule has 1 aliphatic carbocycles. The summed E-state index contributed by atoms with van der Waals surface area (Å²) in [5.41, 5.74) is 0. The maximum Gasteiger partial charge on any atom is 0.0520 e. The second kappa shape index (κ2) is 5.92. The molecular weight excluding hydrogens is 180 g/mol. The van der Waals surface area contributed by atoms with Crippen LogP contribution in [0.15, 0.2) is 0 Å². The van der Waals surface area contributed by atoms with Gasteiger partial charge in [0.05, 0.1) is 6.10 Å². The first-order chi connectivity index (χ1) is 6.18. The van der Waals surface area contributed by atoms with Crippen molar-refractivity contribution in [3.05, 3.63) is 0 Å². The molecule has 0 heterocycles. The standard InChI is InChI=1S/C11H22OS/c1-9-4-3-5-11(8-9)13-7-6-10(2)12/h9-12H,3-8H2,1-2H3. The summed E-state index contributed by atoms with van der Waals surface area (Å²) < 4.78 is 0. The predicted octanol–water partition coefficient (Wildman–Crippen LogP) is 3.07. The van der Waals surface area contributed by atoms with Gasteiger partial charge in [-0.1, -0.05) is 19.8 Å². The van der Waals surface area contributed by atoms with Gasteiger partial charge in [0.1, 0.15) is 0 Å². The van der Waals surface area contributed by atoms with Crippen LogP contribution in [0.2, 0.25) is 0 Å². The van der Waals surface area contributed by atoms with Gasteiger partial charge in [-0.3, -0.25) is 0 Å². The predicted molar refractivity (Wildman–Crippen MR) is 60.2 cm³/mol. The minimum Gasteiger partial charge on any atom is -0.393 e. The van der Waals surface area contributed by atoms with E-state index < -0.39 is 0 Å². The molecule has 3 atom stereocenters. The first-order valence-electron chi connectivity index (χ1n) is 5.48. The van der Waals surface area contributed by atoms with Crippen LogP contribution in [0.5, 0.6) is 0 Å². The first-order valence-corrected chi connectivity index (χ1v) is 6.53. The maximum absolute atomic E-state index is 9.12. The molecule has 1 N–H and O–H groups in total. The van der Waals surface area contributed by atoms with Crippen LogP contribution >= 0.6 is 11.8 Å². The first kappa shape index (κ1) is 11.4. The Labute approximate surface area is 86.3 Å². The van der Waals surface area contributed by atoms with Gasteiger partial charge in [0.15, 0.2) is 0 Å². The molecule has 1 saturated carbocycles. The molecule has 0 saturated heterocycles. The average molecular weight is 202 g/mol. The SMILES string of the molecule is CC(O)CCSC1CCCC(C)C1. The topological polar surface area (TPSA) is 20.2 Å². The van der Waals surface area contributed by atoms with Crippen molar-refractivity contribution in [3.63, 3.8) is 0 Å². The highest BCUT2D eigenvalue weighted by Gasteiger charge is 2.18. The monoisotopic (exact) mass is 202 g/mol. The Morgan fingerprint density at radius 2 is 2.23 bits per heavy atom. The minimum atomic E-state index is -0.117. The molecule has 0 amide bonds. The molecule has 2 heteroatoms. The van der Waals surface area contributed by atoms with Crippen molar-refractivity contribution in [1.29, 1.82) is 0 Å². The van der Waals surface area contributed by atoms with Crippen LogP contribution in [0.25, 0.3) is 0 Å². The third-order valence-electron chi connectivity index (χ3n) is 2.78. The van der Waals surface area contributed by atoms with Gasteiger partial charge in [0, 0.05) is 5.25 Å². The molecule has 0 aromatic heterocycles. The van der Waals surface area contributed by atoms with Gasteiger partial charge in [-0.15, -0.1) is 0 Å². The van der Waals surface area contributed by atoms with E-state index >= 15 is 0 Å². The van der Waals surface area contributed by atoms with Crippen molar-refractivity contribution < 1.29 is 5.11 Å². The van der Waals surface area contributed by atoms with Crippen LogP contribution in [0.3, 0.4) is 0 Å². The molecule has 0 bridgehead atoms. The second-order valence-corrected chi connectivity index (χ2v) is 5.81. The Bertz CT molecular complexity index is 136. The number of hydrogen-bond acceptors (Lipinski definition) is 2. The van der Waals surface area contributed by atoms with Gasteiger partial charge in [0.2, 0.25) is 0 Å². The zero-order valence-corrected chi connectivity index (χ0v) is 9.65. The molecule has 13 heavy (non-hydrogen) atoms. The Hall–Kier alpha value is 0.310. The van der Waals surface area contributed by atoms with Gasteiger partial charge in [-0.05, 0) is 37.9 Å². The van der Waals surface area contributed by atoms with Crippen molar-refractivity contribution in [2.75, 3.05) is 5.75 Å². The van der Waals surface area contributed by atoms with Crippen LogP contribution in [-0.4, -0.2) is 22.2 Å². The minimum absolute atomic E-state index is 0.117. The number of hydrogen-bond donors (Lipinski definition) is 1. The van der Waals surface area contributed by atoms with Crippen LogP contribution in [0.1, 0.15) is 46.0 Å². The Balaban J connectivity index is 2.06. The Kier molecular flexibility index (Phi) is 5.18. The molecule has 78 valence electrons. The number of rotatable bonds is 4. The fourth-order valence-electron chi connectivity index (χ4n) is 1.94. The summed E-state index contributed by atoms with van der Waals surface area (Å²) in [5, 5.41) is 10.00. The van der Waals surface area contributed by atoms with Crippen molar-refractivity contribution in [1.82, 2.24) is 0 Å². The van der Waals surface area contributed by atoms with E-state index in [0.29, 0.717) is 0 Å². The van der Waals surface area contributed by atoms with Gasteiger partial charge in [-0.25, -0.2) is 0 Å². The molecule has 0 aromatic carbocycles. The molecular formula is C11H22OS. The lowest BCUT2D eigenvalue weighted by Gasteiger charge is -2.26. The third-order valence-corrected chi connectivity index (χ3v) is 4.15. The Morgan fingerprint density at radius 3 is 2.85 bits per heavy atom. The summed E-state index contributed by atoms with van der Waals surface area (Å²) in [6.45, 7) is 4.24. The van der Waals surface area contributed by atoms with Crippen LogP contribution in [-0.2, 0) is 0 Å². The summed E-state index contributed by atoms with van der Waals surface area (Å²) in [5.74, 6) is 2.06. The lowest BCUT2D eigenvalue weighted by atomic mass is 9.91. The molecule has 0 aromatic rings. The smallest absolute Gasteiger partial charge is 0.0520 e. The molecule has 3 unspecified atom stereocenters. The van der Waals surface area contributed by atoms with E-state index in [1.165, 1.54) is 25.7 Å². The summed E-state index contributed by atoms with van der Waals surface area (Å²) in [7, 11) is 0. The number of thioether (sulfide) groups is 1. The average Bonchev–Trinajstić information content (AvgIpc) is 2.03. The third kappa shape index (κ3) is 4.92.